The molecule has 0 aliphatic carbocycles. The maximum absolute atomic E-state index is 13.2. The van der Waals surface area contributed by atoms with E-state index in [1.165, 1.54) is 12.1 Å². The minimum absolute atomic E-state index is 0.0363. The van der Waals surface area contributed by atoms with E-state index in [4.69, 9.17) is 9.52 Å². The van der Waals surface area contributed by atoms with Crippen molar-refractivity contribution in [2.75, 3.05) is 31.1 Å². The van der Waals surface area contributed by atoms with Gasteiger partial charge in [0.05, 0.1) is 17.6 Å². The molecule has 2 aromatic carbocycles. The lowest BCUT2D eigenvalue weighted by molar-refractivity contribution is -0.132. The lowest BCUT2D eigenvalue weighted by Crippen LogP contribution is -2.49. The molecule has 1 saturated heterocycles. The number of hydrogen-bond donors (Lipinski definition) is 0. The van der Waals surface area contributed by atoms with Crippen LogP contribution < -0.4 is 9.64 Å². The van der Waals surface area contributed by atoms with Crippen molar-refractivity contribution in [2.24, 2.45) is 0 Å². The smallest absolute Gasteiger partial charge is 0.387 e. The Bertz CT molecular complexity index is 1310. The first-order chi connectivity index (χ1) is 17.5. The second kappa shape index (κ2) is 10.2. The second-order valence-corrected chi connectivity index (χ2v) is 8.46. The van der Waals surface area contributed by atoms with E-state index < -0.39 is 6.61 Å². The summed E-state index contributed by atoms with van der Waals surface area (Å²) in [6.07, 6.45) is 1.69. The Morgan fingerprint density at radius 2 is 1.75 bits per heavy atom. The zero-order valence-corrected chi connectivity index (χ0v) is 19.7. The van der Waals surface area contributed by atoms with Gasteiger partial charge in [-0.2, -0.15) is 13.9 Å². The Morgan fingerprint density at radius 1 is 1.03 bits per heavy atom. The summed E-state index contributed by atoms with van der Waals surface area (Å²) < 4.78 is 36.7. The van der Waals surface area contributed by atoms with Crippen LogP contribution in [0, 0.1) is 6.92 Å². The number of carbonyl (C=O) groups excluding carboxylic acids is 1. The van der Waals surface area contributed by atoms with Gasteiger partial charge in [0.2, 0.25) is 5.91 Å². The topological polar surface area (TPSA) is 76.6 Å². The highest BCUT2D eigenvalue weighted by Crippen LogP contribution is 2.28. The number of amides is 1. The highest BCUT2D eigenvalue weighted by atomic mass is 19.3. The largest absolute Gasteiger partial charge is 0.435 e. The fourth-order valence-corrected chi connectivity index (χ4v) is 4.19. The number of piperazine rings is 1. The van der Waals surface area contributed by atoms with Crippen LogP contribution in [0.25, 0.3) is 22.5 Å². The molecule has 1 aliphatic rings. The van der Waals surface area contributed by atoms with E-state index in [0.29, 0.717) is 37.9 Å². The first-order valence-electron chi connectivity index (χ1n) is 11.6. The molecular weight excluding hydrogens is 468 g/mol. The van der Waals surface area contributed by atoms with E-state index in [-0.39, 0.29) is 18.2 Å². The summed E-state index contributed by atoms with van der Waals surface area (Å²) in [5.41, 5.74) is 3.08. The molecule has 10 heteroatoms. The number of aromatic nitrogens is 3. The number of hydrogen-bond acceptors (Lipinski definition) is 6. The highest BCUT2D eigenvalue weighted by Gasteiger charge is 2.25. The fraction of sp³-hybridized carbons (Fsp3) is 0.269. The standard InChI is InChI=1S/C26H25F2N5O3/c1-18-16-29-26(35-18)32-13-11-31(12-14-32)24(34)17-33-23(20-5-3-2-4-6-20)15-22(30-33)19-7-9-21(10-8-19)36-25(27)28/h2-10,15-16,25H,11-14,17H2,1H3. The number of aryl methyl sites for hydroxylation is 1. The molecule has 0 bridgehead atoms. The van der Waals surface area contributed by atoms with E-state index in [1.807, 2.05) is 53.1 Å². The van der Waals surface area contributed by atoms with Gasteiger partial charge in [-0.15, -0.1) is 0 Å². The van der Waals surface area contributed by atoms with Gasteiger partial charge in [-0.1, -0.05) is 30.3 Å². The van der Waals surface area contributed by atoms with Gasteiger partial charge in [-0.3, -0.25) is 9.48 Å². The van der Waals surface area contributed by atoms with Crippen LogP contribution in [0.2, 0.25) is 0 Å². The Balaban J connectivity index is 1.33. The third-order valence-electron chi connectivity index (χ3n) is 6.02. The average Bonchev–Trinajstić information content (AvgIpc) is 3.51. The number of halogens is 2. The lowest BCUT2D eigenvalue weighted by Gasteiger charge is -2.33. The number of anilines is 1. The number of ether oxygens (including phenoxy) is 1. The molecule has 0 atom stereocenters. The molecule has 36 heavy (non-hydrogen) atoms. The summed E-state index contributed by atoms with van der Waals surface area (Å²) in [4.78, 5) is 21.3. The van der Waals surface area contributed by atoms with E-state index >= 15 is 0 Å². The summed E-state index contributed by atoms with van der Waals surface area (Å²) in [5.74, 6) is 0.791. The third kappa shape index (κ3) is 5.22. The molecule has 1 amide bonds. The monoisotopic (exact) mass is 493 g/mol. The summed E-state index contributed by atoms with van der Waals surface area (Å²) in [7, 11) is 0. The molecule has 0 unspecified atom stereocenters. The minimum Gasteiger partial charge on any atom is -0.435 e. The van der Waals surface area contributed by atoms with Crippen molar-refractivity contribution in [3.8, 4) is 28.3 Å². The van der Waals surface area contributed by atoms with Crippen LogP contribution >= 0.6 is 0 Å². The van der Waals surface area contributed by atoms with Crippen molar-refractivity contribution in [3.63, 3.8) is 0 Å². The number of oxazole rings is 1. The van der Waals surface area contributed by atoms with Gasteiger partial charge in [0, 0.05) is 31.7 Å². The van der Waals surface area contributed by atoms with Crippen molar-refractivity contribution < 1.29 is 22.7 Å². The molecule has 1 aliphatic heterocycles. The van der Waals surface area contributed by atoms with Gasteiger partial charge < -0.3 is 19.0 Å². The van der Waals surface area contributed by atoms with Crippen molar-refractivity contribution in [1.29, 1.82) is 0 Å². The Hall–Kier alpha value is -4.21. The van der Waals surface area contributed by atoms with Crippen LogP contribution in [0.5, 0.6) is 5.75 Å². The van der Waals surface area contributed by atoms with E-state index in [2.05, 4.69) is 9.72 Å². The number of rotatable bonds is 7. The van der Waals surface area contributed by atoms with Gasteiger partial charge in [-0.05, 0) is 42.8 Å². The van der Waals surface area contributed by atoms with Gasteiger partial charge in [-0.25, -0.2) is 4.98 Å². The minimum atomic E-state index is -2.88. The summed E-state index contributed by atoms with van der Waals surface area (Å²) in [5, 5.41) is 4.69. The maximum atomic E-state index is 13.2. The molecular formula is C26H25F2N5O3. The molecule has 0 radical (unpaired) electrons. The second-order valence-electron chi connectivity index (χ2n) is 8.46. The quantitative estimate of drug-likeness (QED) is 0.378. The van der Waals surface area contributed by atoms with Gasteiger partial charge in [0.15, 0.2) is 0 Å². The molecule has 0 spiro atoms. The van der Waals surface area contributed by atoms with E-state index in [9.17, 15) is 13.6 Å². The van der Waals surface area contributed by atoms with Crippen LogP contribution in [0.3, 0.4) is 0 Å². The van der Waals surface area contributed by atoms with Crippen LogP contribution in [0.4, 0.5) is 14.8 Å². The van der Waals surface area contributed by atoms with Gasteiger partial charge >= 0.3 is 6.61 Å². The predicted octanol–water partition coefficient (Wildman–Crippen LogP) is 4.46. The van der Waals surface area contributed by atoms with Crippen molar-refractivity contribution >= 4 is 11.9 Å². The maximum Gasteiger partial charge on any atom is 0.387 e. The first-order valence-corrected chi connectivity index (χ1v) is 11.6. The molecule has 0 N–H and O–H groups in total. The number of carbonyl (C=O) groups is 1. The molecule has 5 rings (SSSR count). The Kier molecular flexibility index (Phi) is 6.66. The van der Waals surface area contributed by atoms with E-state index in [0.717, 1.165) is 22.6 Å². The zero-order valence-electron chi connectivity index (χ0n) is 19.7. The normalized spacial score (nSPS) is 13.9. The SMILES string of the molecule is Cc1cnc(N2CCN(C(=O)Cn3nc(-c4ccc(OC(F)F)cc4)cc3-c3ccccc3)CC2)o1. The van der Waals surface area contributed by atoms with Crippen molar-refractivity contribution in [3.05, 3.63) is 72.6 Å². The molecule has 186 valence electrons. The first kappa shape index (κ1) is 23.5. The highest BCUT2D eigenvalue weighted by molar-refractivity contribution is 5.78. The van der Waals surface area contributed by atoms with Crippen LogP contribution in [0.15, 0.2) is 71.3 Å². The van der Waals surface area contributed by atoms with Crippen LogP contribution in [-0.2, 0) is 11.3 Å². The lowest BCUT2D eigenvalue weighted by atomic mass is 10.1. The summed E-state index contributed by atoms with van der Waals surface area (Å²) in [6.45, 7) is 1.43. The van der Waals surface area contributed by atoms with Crippen LogP contribution in [-0.4, -0.2) is 58.4 Å². The average molecular weight is 494 g/mol. The predicted molar refractivity (Wildman–Crippen MR) is 130 cm³/mol. The number of benzene rings is 2. The molecule has 2 aromatic heterocycles. The molecule has 4 aromatic rings. The van der Waals surface area contributed by atoms with Gasteiger partial charge in [0.25, 0.3) is 6.01 Å². The number of alkyl halides is 2. The molecule has 8 nitrogen and oxygen atoms in total. The zero-order chi connectivity index (χ0) is 25.1. The summed E-state index contributed by atoms with van der Waals surface area (Å²) in [6, 6.07) is 18.5. The summed E-state index contributed by atoms with van der Waals surface area (Å²) >= 11 is 0. The number of nitrogens with zero attached hydrogens (tertiary/aromatic N) is 5. The molecule has 0 saturated carbocycles. The van der Waals surface area contributed by atoms with Crippen LogP contribution in [0.1, 0.15) is 5.76 Å². The molecule has 1 fully saturated rings. The third-order valence-corrected chi connectivity index (χ3v) is 6.02. The van der Waals surface area contributed by atoms with Crippen molar-refractivity contribution in [1.82, 2.24) is 19.7 Å². The Labute approximate surface area is 206 Å². The molecule has 3 heterocycles. The van der Waals surface area contributed by atoms with Gasteiger partial charge in [0.1, 0.15) is 18.1 Å². The van der Waals surface area contributed by atoms with Crippen molar-refractivity contribution in [2.45, 2.75) is 20.1 Å². The van der Waals surface area contributed by atoms with E-state index in [1.54, 1.807) is 23.0 Å². The fourth-order valence-electron chi connectivity index (χ4n) is 4.19. The Morgan fingerprint density at radius 3 is 2.39 bits per heavy atom.